The zero-order valence-electron chi connectivity index (χ0n) is 34.1. The molecule has 2 aliphatic heterocycles. The maximum atomic E-state index is 13.3. The molecule has 4 aromatic rings. The van der Waals surface area contributed by atoms with Gasteiger partial charge in [0.1, 0.15) is 0 Å². The molecule has 0 radical (unpaired) electrons. The summed E-state index contributed by atoms with van der Waals surface area (Å²) in [5.74, 6) is 0.00865. The van der Waals surface area contributed by atoms with Gasteiger partial charge in [-0.15, -0.1) is 0 Å². The van der Waals surface area contributed by atoms with Crippen LogP contribution < -0.4 is 42.0 Å². The molecule has 8 nitrogen and oxygen atoms in total. The van der Waals surface area contributed by atoms with Crippen LogP contribution >= 0.6 is 0 Å². The van der Waals surface area contributed by atoms with Gasteiger partial charge in [-0.25, -0.2) is 0 Å². The van der Waals surface area contributed by atoms with Crippen LogP contribution in [-0.4, -0.2) is 78.9 Å². The van der Waals surface area contributed by atoms with Crippen molar-refractivity contribution in [3.05, 3.63) is 121 Å². The molecule has 0 bridgehead atoms. The van der Waals surface area contributed by atoms with Crippen molar-refractivity contribution >= 4 is 49.2 Å². The first-order valence-electron chi connectivity index (χ1n) is 20.4. The molecule has 56 heavy (non-hydrogen) atoms. The number of benzene rings is 4. The van der Waals surface area contributed by atoms with Gasteiger partial charge >= 0.3 is 0 Å². The molecule has 10 heteroatoms. The fourth-order valence-electron chi connectivity index (χ4n) is 8.79. The van der Waals surface area contributed by atoms with Gasteiger partial charge in [0.15, 0.2) is 0 Å². The van der Waals surface area contributed by atoms with E-state index in [-0.39, 0.29) is 46.2 Å². The lowest BCUT2D eigenvalue weighted by Crippen LogP contribution is -2.67. The Kier molecular flexibility index (Phi) is 13.5. The Morgan fingerprint density at radius 2 is 0.821 bits per heavy atom. The molecule has 4 aromatic carbocycles. The number of amides is 2. The summed E-state index contributed by atoms with van der Waals surface area (Å²) in [6.45, 7) is 16.1. The highest BCUT2D eigenvalue weighted by molar-refractivity contribution is 7.00. The molecule has 2 amide bonds. The predicted molar refractivity (Wildman–Crippen MR) is 233 cm³/mol. The molecular formula is C46H62N4O4Si2. The molecule has 4 atom stereocenters. The van der Waals surface area contributed by atoms with Crippen molar-refractivity contribution in [3.63, 3.8) is 0 Å². The summed E-state index contributed by atoms with van der Waals surface area (Å²) >= 11 is 0. The number of carbonyl (C=O) groups excluding carboxylic acids is 2. The summed E-state index contributed by atoms with van der Waals surface area (Å²) in [6.07, 6.45) is 2.65. The maximum absolute atomic E-state index is 13.3. The Labute approximate surface area is 336 Å². The van der Waals surface area contributed by atoms with Crippen molar-refractivity contribution in [2.45, 2.75) is 102 Å². The molecular weight excluding hydrogens is 729 g/mol. The molecule has 0 saturated carbocycles. The van der Waals surface area contributed by atoms with E-state index in [2.05, 4.69) is 184 Å². The van der Waals surface area contributed by atoms with E-state index in [0.717, 1.165) is 12.8 Å². The second-order valence-electron chi connectivity index (χ2n) is 17.5. The van der Waals surface area contributed by atoms with Gasteiger partial charge < -0.3 is 30.1 Å². The van der Waals surface area contributed by atoms with E-state index in [4.69, 9.17) is 8.85 Å². The smallest absolute Gasteiger partial charge is 0.261 e. The quantitative estimate of drug-likeness (QED) is 0.104. The lowest BCUT2D eigenvalue weighted by molar-refractivity contribution is -0.123. The molecule has 2 fully saturated rings. The minimum Gasteiger partial charge on any atom is -0.403 e. The summed E-state index contributed by atoms with van der Waals surface area (Å²) in [5.41, 5.74) is 0. The van der Waals surface area contributed by atoms with Crippen molar-refractivity contribution in [3.8, 4) is 0 Å². The molecule has 2 aliphatic rings. The standard InChI is InChI=1S/C46H62N4O4Si2/c1-45(2,3)55(37-21-11-7-12-22-37,38-23-13-8-14-24-38)53-35-31-41(49-33-35)43(51)47-29-19-20-30-48-44(52)42-32-36(34-50-42)54-56(46(4,5)6,39-25-15-9-16-26-39)40-27-17-10-18-28-40/h7-18,21-28,35-36,41-42,49-50H,19-20,29-34H2,1-6H3,(H,47,51)(H,48,52)/t35-,36-,41+,42+/m1/s1. The first-order valence-corrected chi connectivity index (χ1v) is 24.3. The van der Waals surface area contributed by atoms with E-state index in [1.165, 1.54) is 20.7 Å². The molecule has 0 spiro atoms. The third-order valence-electron chi connectivity index (χ3n) is 11.5. The van der Waals surface area contributed by atoms with E-state index in [0.29, 0.717) is 39.0 Å². The van der Waals surface area contributed by atoms with E-state index in [9.17, 15) is 9.59 Å². The molecule has 4 N–H and O–H groups in total. The van der Waals surface area contributed by atoms with Crippen LogP contribution in [0, 0.1) is 0 Å². The monoisotopic (exact) mass is 790 g/mol. The minimum atomic E-state index is -2.71. The van der Waals surface area contributed by atoms with Crippen LogP contribution in [0.5, 0.6) is 0 Å². The Bertz CT molecular complexity index is 1640. The van der Waals surface area contributed by atoms with Gasteiger partial charge in [-0.1, -0.05) is 163 Å². The van der Waals surface area contributed by atoms with Gasteiger partial charge in [0.25, 0.3) is 16.6 Å². The van der Waals surface area contributed by atoms with Crippen LogP contribution in [0.25, 0.3) is 0 Å². The van der Waals surface area contributed by atoms with Gasteiger partial charge in [-0.3, -0.25) is 9.59 Å². The summed E-state index contributed by atoms with van der Waals surface area (Å²) < 4.78 is 14.5. The van der Waals surface area contributed by atoms with Crippen molar-refractivity contribution in [2.75, 3.05) is 26.2 Å². The molecule has 2 heterocycles. The molecule has 6 rings (SSSR count). The van der Waals surface area contributed by atoms with Gasteiger partial charge in [0, 0.05) is 26.2 Å². The van der Waals surface area contributed by atoms with E-state index in [1.807, 2.05) is 0 Å². The Morgan fingerprint density at radius 3 is 1.09 bits per heavy atom. The molecule has 0 unspecified atom stereocenters. The molecule has 2 saturated heterocycles. The zero-order chi connectivity index (χ0) is 39.8. The Hall–Kier alpha value is -3.91. The fraction of sp³-hybridized carbons (Fsp3) is 0.435. The normalized spacial score (nSPS) is 20.5. The van der Waals surface area contributed by atoms with Crippen molar-refractivity contribution < 1.29 is 18.4 Å². The van der Waals surface area contributed by atoms with Crippen molar-refractivity contribution in [2.24, 2.45) is 0 Å². The van der Waals surface area contributed by atoms with Crippen molar-refractivity contribution in [1.82, 2.24) is 21.3 Å². The highest BCUT2D eigenvalue weighted by atomic mass is 28.4. The third kappa shape index (κ3) is 9.11. The van der Waals surface area contributed by atoms with Crippen LogP contribution in [-0.2, 0) is 18.4 Å². The Balaban J connectivity index is 0.961. The number of rotatable bonds is 15. The van der Waals surface area contributed by atoms with Crippen LogP contribution in [0.15, 0.2) is 121 Å². The lowest BCUT2D eigenvalue weighted by Gasteiger charge is -2.44. The minimum absolute atomic E-state index is 0.00432. The van der Waals surface area contributed by atoms with Gasteiger partial charge in [-0.05, 0) is 56.5 Å². The predicted octanol–water partition coefficient (Wildman–Crippen LogP) is 4.61. The lowest BCUT2D eigenvalue weighted by atomic mass is 10.2. The average molecular weight is 791 g/mol. The van der Waals surface area contributed by atoms with Crippen LogP contribution in [0.4, 0.5) is 0 Å². The van der Waals surface area contributed by atoms with Crippen LogP contribution in [0.3, 0.4) is 0 Å². The fourth-order valence-corrected chi connectivity index (χ4v) is 18.2. The van der Waals surface area contributed by atoms with Gasteiger partial charge in [0.2, 0.25) is 11.8 Å². The zero-order valence-corrected chi connectivity index (χ0v) is 36.1. The Morgan fingerprint density at radius 1 is 0.536 bits per heavy atom. The summed E-state index contributed by atoms with van der Waals surface area (Å²) in [6, 6.07) is 42.0. The number of hydrogen-bond acceptors (Lipinski definition) is 6. The van der Waals surface area contributed by atoms with Gasteiger partial charge in [-0.2, -0.15) is 0 Å². The molecule has 298 valence electrons. The summed E-state index contributed by atoms with van der Waals surface area (Å²) in [7, 11) is -5.41. The second kappa shape index (κ2) is 18.1. The highest BCUT2D eigenvalue weighted by Crippen LogP contribution is 2.39. The van der Waals surface area contributed by atoms with Crippen LogP contribution in [0.1, 0.15) is 67.2 Å². The number of hydrogen-bond donors (Lipinski definition) is 4. The molecule has 0 aromatic heterocycles. The van der Waals surface area contributed by atoms with E-state index in [1.54, 1.807) is 0 Å². The number of nitrogens with one attached hydrogen (secondary N) is 4. The maximum Gasteiger partial charge on any atom is 0.261 e. The third-order valence-corrected chi connectivity index (χ3v) is 21.7. The first-order chi connectivity index (χ1) is 26.8. The SMILES string of the molecule is CC(C)(C)[Si](O[C@H]1CN[C@H](C(=O)NCCCCNC(=O)[C@@H]2C[C@@H](O[Si](c3ccccc3)(c3ccccc3)C(C)(C)C)CN2)C1)(c1ccccc1)c1ccccc1. The number of unbranched alkanes of at least 4 members (excludes halogenated alkanes) is 1. The number of carbonyl (C=O) groups is 2. The summed E-state index contributed by atoms with van der Waals surface area (Å²) in [4.78, 5) is 26.6. The van der Waals surface area contributed by atoms with E-state index < -0.39 is 16.6 Å². The summed E-state index contributed by atoms with van der Waals surface area (Å²) in [5, 5.41) is 17.8. The van der Waals surface area contributed by atoms with Crippen molar-refractivity contribution in [1.29, 1.82) is 0 Å². The largest absolute Gasteiger partial charge is 0.403 e. The van der Waals surface area contributed by atoms with Crippen LogP contribution in [0.2, 0.25) is 10.1 Å². The highest BCUT2D eigenvalue weighted by Gasteiger charge is 2.53. The first kappa shape index (κ1) is 41.7. The van der Waals surface area contributed by atoms with E-state index >= 15 is 0 Å². The average Bonchev–Trinajstić information content (AvgIpc) is 3.88. The second-order valence-corrected chi connectivity index (χ2v) is 26.0. The topological polar surface area (TPSA) is 101 Å². The molecule has 0 aliphatic carbocycles. The van der Waals surface area contributed by atoms with Gasteiger partial charge in [0.05, 0.1) is 24.3 Å².